The molecular weight excluding hydrogens is 226 g/mol. The Bertz CT molecular complexity index is 257. The van der Waals surface area contributed by atoms with Crippen molar-refractivity contribution in [1.29, 1.82) is 0 Å². The summed E-state index contributed by atoms with van der Waals surface area (Å²) >= 11 is 0. The van der Waals surface area contributed by atoms with Gasteiger partial charge in [0.1, 0.15) is 4.75 Å². The summed E-state index contributed by atoms with van der Waals surface area (Å²) in [5.74, 6) is 0. The molecule has 0 radical (unpaired) electrons. The van der Waals surface area contributed by atoms with Gasteiger partial charge in [-0.3, -0.25) is 4.55 Å². The highest BCUT2D eigenvalue weighted by Crippen LogP contribution is 2.29. The molecule has 7 nitrogen and oxygen atoms in total. The number of aliphatic hydroxyl groups excluding tert-OH is 3. The lowest BCUT2D eigenvalue weighted by Crippen LogP contribution is -2.49. The van der Waals surface area contributed by atoms with Gasteiger partial charge in [0.05, 0.1) is 6.10 Å². The van der Waals surface area contributed by atoms with E-state index in [1.165, 1.54) is 6.92 Å². The lowest BCUT2D eigenvalue weighted by Gasteiger charge is -2.32. The predicted molar refractivity (Wildman–Crippen MR) is 54.4 cm³/mol. The molecule has 1 atom stereocenters. The van der Waals surface area contributed by atoms with Gasteiger partial charge in [-0.25, -0.2) is 0 Å². The van der Waals surface area contributed by atoms with Gasteiger partial charge < -0.3 is 21.5 Å². The lowest BCUT2D eigenvalue weighted by atomic mass is 9.95. The maximum absolute atomic E-state index is 11.0. The third-order valence-electron chi connectivity index (χ3n) is 2.35. The van der Waals surface area contributed by atoms with E-state index in [4.69, 9.17) is 14.8 Å². The van der Waals surface area contributed by atoms with Crippen LogP contribution in [0, 0.1) is 0 Å². The van der Waals surface area contributed by atoms with E-state index >= 15 is 0 Å². The maximum Gasteiger partial charge on any atom is 0.273 e. The smallest absolute Gasteiger partial charge is 0.273 e. The number of hydrogen-bond donors (Lipinski definition) is 5. The highest BCUT2D eigenvalue weighted by Gasteiger charge is 2.46. The van der Waals surface area contributed by atoms with E-state index < -0.39 is 34.2 Å². The molecule has 7 N–H and O–H groups in total. The van der Waals surface area contributed by atoms with E-state index in [9.17, 15) is 13.5 Å². The molecule has 8 heteroatoms. The second-order valence-corrected chi connectivity index (χ2v) is 4.93. The standard InChI is InChI=1S/C7H16O6S.H3N/c1-6(10)7(2-4-8,3-5-9)14(11,12)13;/h6,8-10H,2-5H2,1H3,(H,11,12,13);1H3. The molecule has 0 aliphatic rings. The summed E-state index contributed by atoms with van der Waals surface area (Å²) in [6.45, 7) is 0.203. The average Bonchev–Trinajstić information content (AvgIpc) is 2.01. The summed E-state index contributed by atoms with van der Waals surface area (Å²) in [6, 6.07) is 0. The SMILES string of the molecule is CC(O)C(CCO)(CCO)S(=O)(=O)O.N. The van der Waals surface area contributed by atoms with Crippen molar-refractivity contribution in [1.82, 2.24) is 6.15 Å². The van der Waals surface area contributed by atoms with Crippen molar-refractivity contribution in [2.75, 3.05) is 13.2 Å². The largest absolute Gasteiger partial charge is 0.396 e. The first-order chi connectivity index (χ1) is 6.31. The summed E-state index contributed by atoms with van der Waals surface area (Å²) in [5.41, 5.74) is 0. The van der Waals surface area contributed by atoms with Gasteiger partial charge in [0.2, 0.25) is 0 Å². The molecule has 0 saturated carbocycles. The summed E-state index contributed by atoms with van der Waals surface area (Å²) in [4.78, 5) is 0. The first kappa shape index (κ1) is 17.2. The predicted octanol–water partition coefficient (Wildman–Crippen LogP) is -1.08. The normalized spacial score (nSPS) is 14.5. The Morgan fingerprint density at radius 3 is 1.67 bits per heavy atom. The van der Waals surface area contributed by atoms with Crippen molar-refractivity contribution in [3.8, 4) is 0 Å². The van der Waals surface area contributed by atoms with Crippen molar-refractivity contribution >= 4 is 10.1 Å². The quantitative estimate of drug-likeness (QED) is 0.373. The monoisotopic (exact) mass is 245 g/mol. The van der Waals surface area contributed by atoms with Crippen molar-refractivity contribution in [2.45, 2.75) is 30.6 Å². The molecule has 0 saturated heterocycles. The first-order valence-electron chi connectivity index (χ1n) is 4.18. The fraction of sp³-hybridized carbons (Fsp3) is 1.00. The number of hydrogen-bond acceptors (Lipinski definition) is 6. The second kappa shape index (κ2) is 6.36. The lowest BCUT2D eigenvalue weighted by molar-refractivity contribution is 0.0965. The molecule has 0 amide bonds. The minimum absolute atomic E-state index is 0. The fourth-order valence-corrected chi connectivity index (χ4v) is 2.52. The van der Waals surface area contributed by atoms with Gasteiger partial charge in [0.15, 0.2) is 0 Å². The zero-order chi connectivity index (χ0) is 11.4. The highest BCUT2D eigenvalue weighted by molar-refractivity contribution is 7.87. The Morgan fingerprint density at radius 2 is 1.53 bits per heavy atom. The summed E-state index contributed by atoms with van der Waals surface area (Å²) in [5, 5.41) is 26.6. The van der Waals surface area contributed by atoms with Gasteiger partial charge in [0, 0.05) is 13.2 Å². The molecule has 0 rings (SSSR count). The van der Waals surface area contributed by atoms with Gasteiger partial charge in [-0.1, -0.05) is 0 Å². The average molecular weight is 245 g/mol. The van der Waals surface area contributed by atoms with Gasteiger partial charge in [-0.2, -0.15) is 8.42 Å². The molecule has 0 aromatic carbocycles. The van der Waals surface area contributed by atoms with Crippen LogP contribution in [0.25, 0.3) is 0 Å². The van der Waals surface area contributed by atoms with Gasteiger partial charge >= 0.3 is 0 Å². The summed E-state index contributed by atoms with van der Waals surface area (Å²) in [6.07, 6.45) is -1.99. The molecule has 15 heavy (non-hydrogen) atoms. The van der Waals surface area contributed by atoms with Gasteiger partial charge in [0.25, 0.3) is 10.1 Å². The molecule has 0 aromatic rings. The van der Waals surface area contributed by atoms with Crippen LogP contribution in [-0.4, -0.2) is 52.4 Å². The van der Waals surface area contributed by atoms with Crippen LogP contribution in [0.15, 0.2) is 0 Å². The molecule has 94 valence electrons. The minimum Gasteiger partial charge on any atom is -0.396 e. The Labute approximate surface area is 89.1 Å². The van der Waals surface area contributed by atoms with Gasteiger partial charge in [-0.05, 0) is 19.8 Å². The fourth-order valence-electron chi connectivity index (χ4n) is 1.39. The molecule has 0 bridgehead atoms. The molecule has 1 unspecified atom stereocenters. The third kappa shape index (κ3) is 3.67. The van der Waals surface area contributed by atoms with E-state index in [0.29, 0.717) is 0 Å². The van der Waals surface area contributed by atoms with E-state index in [1.807, 2.05) is 0 Å². The molecular formula is C7H19NO6S. The highest BCUT2D eigenvalue weighted by atomic mass is 32.2. The summed E-state index contributed by atoms with van der Waals surface area (Å²) in [7, 11) is -4.52. The zero-order valence-electron chi connectivity index (χ0n) is 8.63. The van der Waals surface area contributed by atoms with Crippen LogP contribution in [0.2, 0.25) is 0 Å². The zero-order valence-corrected chi connectivity index (χ0v) is 9.44. The van der Waals surface area contributed by atoms with E-state index in [-0.39, 0.29) is 19.0 Å². The molecule has 0 aliphatic heterocycles. The Morgan fingerprint density at radius 1 is 1.20 bits per heavy atom. The topological polar surface area (TPSA) is 150 Å². The molecule has 0 heterocycles. The Hall–Kier alpha value is -0.250. The maximum atomic E-state index is 11.0. The van der Waals surface area contributed by atoms with E-state index in [0.717, 1.165) is 0 Å². The van der Waals surface area contributed by atoms with Gasteiger partial charge in [-0.15, -0.1) is 0 Å². The Balaban J connectivity index is 0. The van der Waals surface area contributed by atoms with Crippen molar-refractivity contribution in [2.24, 2.45) is 0 Å². The number of aliphatic hydroxyl groups is 3. The molecule has 0 spiro atoms. The van der Waals surface area contributed by atoms with Crippen LogP contribution in [0.4, 0.5) is 0 Å². The van der Waals surface area contributed by atoms with Crippen molar-refractivity contribution in [3.05, 3.63) is 0 Å². The molecule has 0 fully saturated rings. The van der Waals surface area contributed by atoms with Crippen LogP contribution in [0.5, 0.6) is 0 Å². The van der Waals surface area contributed by atoms with E-state index in [1.54, 1.807) is 0 Å². The molecule has 0 aliphatic carbocycles. The molecule has 0 aromatic heterocycles. The Kier molecular flexibility index (Phi) is 7.27. The second-order valence-electron chi connectivity index (χ2n) is 3.16. The van der Waals surface area contributed by atoms with Crippen LogP contribution in [0.1, 0.15) is 19.8 Å². The van der Waals surface area contributed by atoms with Crippen LogP contribution >= 0.6 is 0 Å². The minimum atomic E-state index is -4.52. The van der Waals surface area contributed by atoms with Crippen LogP contribution < -0.4 is 6.15 Å². The van der Waals surface area contributed by atoms with E-state index in [2.05, 4.69) is 0 Å². The van der Waals surface area contributed by atoms with Crippen LogP contribution in [-0.2, 0) is 10.1 Å². The van der Waals surface area contributed by atoms with Crippen molar-refractivity contribution in [3.63, 3.8) is 0 Å². The summed E-state index contributed by atoms with van der Waals surface area (Å²) < 4.78 is 29.2. The van der Waals surface area contributed by atoms with Crippen LogP contribution in [0.3, 0.4) is 0 Å². The third-order valence-corrected chi connectivity index (χ3v) is 4.12. The van der Waals surface area contributed by atoms with Crippen molar-refractivity contribution < 1.29 is 28.3 Å². The first-order valence-corrected chi connectivity index (χ1v) is 5.62. The number of rotatable bonds is 6.